The van der Waals surface area contributed by atoms with E-state index < -0.39 is 11.9 Å². The normalized spacial score (nSPS) is 13.5. The number of hydrogen-bond donors (Lipinski definition) is 1. The number of halogens is 1. The molecule has 5 nitrogen and oxygen atoms in total. The molecule has 23 heavy (non-hydrogen) atoms. The summed E-state index contributed by atoms with van der Waals surface area (Å²) >= 11 is 0. The fourth-order valence-electron chi connectivity index (χ4n) is 2.18. The van der Waals surface area contributed by atoms with E-state index in [1.54, 1.807) is 19.1 Å². The van der Waals surface area contributed by atoms with E-state index in [1.165, 1.54) is 18.2 Å². The summed E-state index contributed by atoms with van der Waals surface area (Å²) in [4.78, 5) is 12.1. The molecular formula is C17H16FNO4. The zero-order valence-corrected chi connectivity index (χ0v) is 12.5. The van der Waals surface area contributed by atoms with Gasteiger partial charge in [-0.1, -0.05) is 12.1 Å². The van der Waals surface area contributed by atoms with Crippen LogP contribution >= 0.6 is 0 Å². The predicted octanol–water partition coefficient (Wildman–Crippen LogP) is 2.64. The summed E-state index contributed by atoms with van der Waals surface area (Å²) in [5.74, 6) is 0.988. The van der Waals surface area contributed by atoms with Crippen molar-refractivity contribution in [2.75, 3.05) is 6.79 Å². The molecule has 2 aromatic carbocycles. The fourth-order valence-corrected chi connectivity index (χ4v) is 2.18. The van der Waals surface area contributed by atoms with Gasteiger partial charge in [0.15, 0.2) is 17.6 Å². The maximum atomic E-state index is 13.1. The number of rotatable bonds is 5. The average Bonchev–Trinajstić information content (AvgIpc) is 3.00. The highest BCUT2D eigenvalue weighted by Gasteiger charge is 2.16. The third-order valence-electron chi connectivity index (χ3n) is 3.38. The quantitative estimate of drug-likeness (QED) is 0.921. The molecule has 2 aromatic rings. The summed E-state index contributed by atoms with van der Waals surface area (Å²) in [6.45, 7) is 2.16. The standard InChI is InChI=1S/C17H16FNO4/c1-11(23-14-4-2-3-13(18)8-14)17(20)19-9-12-5-6-15-16(7-12)22-10-21-15/h2-8,11H,9-10H2,1H3,(H,19,20). The maximum Gasteiger partial charge on any atom is 0.261 e. The van der Waals surface area contributed by atoms with Crippen LogP contribution in [0.2, 0.25) is 0 Å². The molecule has 0 fully saturated rings. The Morgan fingerprint density at radius 1 is 1.26 bits per heavy atom. The smallest absolute Gasteiger partial charge is 0.261 e. The molecule has 1 aliphatic rings. The number of hydrogen-bond acceptors (Lipinski definition) is 4. The number of benzene rings is 2. The van der Waals surface area contributed by atoms with Crippen molar-refractivity contribution in [3.05, 3.63) is 53.8 Å². The third-order valence-corrected chi connectivity index (χ3v) is 3.38. The van der Waals surface area contributed by atoms with Crippen molar-refractivity contribution in [2.24, 2.45) is 0 Å². The maximum absolute atomic E-state index is 13.1. The number of fused-ring (bicyclic) bond motifs is 1. The highest BCUT2D eigenvalue weighted by molar-refractivity contribution is 5.80. The van der Waals surface area contributed by atoms with Gasteiger partial charge in [-0.25, -0.2) is 4.39 Å². The summed E-state index contributed by atoms with van der Waals surface area (Å²) in [5, 5.41) is 2.77. The van der Waals surface area contributed by atoms with Gasteiger partial charge in [0.05, 0.1) is 0 Å². The average molecular weight is 317 g/mol. The Morgan fingerprint density at radius 3 is 2.91 bits per heavy atom. The van der Waals surface area contributed by atoms with Crippen LogP contribution < -0.4 is 19.5 Å². The number of carbonyl (C=O) groups is 1. The predicted molar refractivity (Wildman–Crippen MR) is 80.9 cm³/mol. The van der Waals surface area contributed by atoms with Gasteiger partial charge in [0.1, 0.15) is 11.6 Å². The Kier molecular flexibility index (Phi) is 4.32. The van der Waals surface area contributed by atoms with Crippen molar-refractivity contribution < 1.29 is 23.4 Å². The molecule has 0 saturated carbocycles. The highest BCUT2D eigenvalue weighted by atomic mass is 19.1. The molecule has 1 atom stereocenters. The second-order valence-corrected chi connectivity index (χ2v) is 5.12. The van der Waals surface area contributed by atoms with E-state index in [9.17, 15) is 9.18 Å². The van der Waals surface area contributed by atoms with Crippen molar-refractivity contribution in [1.82, 2.24) is 5.32 Å². The van der Waals surface area contributed by atoms with Crippen LogP contribution in [-0.2, 0) is 11.3 Å². The van der Waals surface area contributed by atoms with Crippen LogP contribution in [0.1, 0.15) is 12.5 Å². The third kappa shape index (κ3) is 3.71. The molecule has 3 rings (SSSR count). The van der Waals surface area contributed by atoms with E-state index in [4.69, 9.17) is 14.2 Å². The van der Waals surface area contributed by atoms with E-state index in [0.29, 0.717) is 23.8 Å². The van der Waals surface area contributed by atoms with E-state index in [2.05, 4.69) is 5.32 Å². The van der Waals surface area contributed by atoms with Crippen molar-refractivity contribution in [3.8, 4) is 17.2 Å². The molecule has 0 spiro atoms. The summed E-state index contributed by atoms with van der Waals surface area (Å²) in [6.07, 6.45) is -0.731. The Labute approximate surface area is 133 Å². The zero-order chi connectivity index (χ0) is 16.2. The number of nitrogens with one attached hydrogen (secondary N) is 1. The summed E-state index contributed by atoms with van der Waals surface area (Å²) in [7, 11) is 0. The first kappa shape index (κ1) is 15.1. The second-order valence-electron chi connectivity index (χ2n) is 5.12. The van der Waals surface area contributed by atoms with Crippen LogP contribution in [-0.4, -0.2) is 18.8 Å². The fraction of sp³-hybridized carbons (Fsp3) is 0.235. The Morgan fingerprint density at radius 2 is 2.09 bits per heavy atom. The zero-order valence-electron chi connectivity index (χ0n) is 12.5. The van der Waals surface area contributed by atoms with Crippen molar-refractivity contribution in [2.45, 2.75) is 19.6 Å². The monoisotopic (exact) mass is 317 g/mol. The minimum atomic E-state index is -0.731. The topological polar surface area (TPSA) is 56.8 Å². The minimum Gasteiger partial charge on any atom is -0.481 e. The molecule has 1 amide bonds. The van der Waals surface area contributed by atoms with Crippen molar-refractivity contribution in [3.63, 3.8) is 0 Å². The summed E-state index contributed by atoms with van der Waals surface area (Å²) < 4.78 is 29.0. The first-order chi connectivity index (χ1) is 11.1. The van der Waals surface area contributed by atoms with Gasteiger partial charge in [-0.2, -0.15) is 0 Å². The van der Waals surface area contributed by atoms with Gasteiger partial charge < -0.3 is 19.5 Å². The van der Waals surface area contributed by atoms with E-state index >= 15 is 0 Å². The van der Waals surface area contributed by atoms with Crippen LogP contribution in [0.3, 0.4) is 0 Å². The lowest BCUT2D eigenvalue weighted by molar-refractivity contribution is -0.127. The first-order valence-electron chi connectivity index (χ1n) is 7.20. The van der Waals surface area contributed by atoms with Crippen LogP contribution in [0.25, 0.3) is 0 Å². The van der Waals surface area contributed by atoms with E-state index in [1.807, 2.05) is 12.1 Å². The van der Waals surface area contributed by atoms with E-state index in [0.717, 1.165) is 5.56 Å². The molecule has 0 aliphatic carbocycles. The first-order valence-corrected chi connectivity index (χ1v) is 7.20. The van der Waals surface area contributed by atoms with Gasteiger partial charge in [0.25, 0.3) is 5.91 Å². The van der Waals surface area contributed by atoms with Crippen LogP contribution in [0, 0.1) is 5.82 Å². The van der Waals surface area contributed by atoms with Crippen LogP contribution in [0.4, 0.5) is 4.39 Å². The number of amides is 1. The van der Waals surface area contributed by atoms with Crippen molar-refractivity contribution in [1.29, 1.82) is 0 Å². The molecule has 1 N–H and O–H groups in total. The molecule has 6 heteroatoms. The van der Waals surface area contributed by atoms with Gasteiger partial charge in [0, 0.05) is 12.6 Å². The number of ether oxygens (including phenoxy) is 3. The minimum absolute atomic E-state index is 0.212. The molecule has 1 heterocycles. The summed E-state index contributed by atoms with van der Waals surface area (Å²) in [5.41, 5.74) is 0.889. The molecule has 1 unspecified atom stereocenters. The molecular weight excluding hydrogens is 301 g/mol. The van der Waals surface area contributed by atoms with Gasteiger partial charge in [-0.05, 0) is 36.8 Å². The van der Waals surface area contributed by atoms with Crippen molar-refractivity contribution >= 4 is 5.91 Å². The van der Waals surface area contributed by atoms with Gasteiger partial charge in [-0.3, -0.25) is 4.79 Å². The largest absolute Gasteiger partial charge is 0.481 e. The molecule has 0 aromatic heterocycles. The lowest BCUT2D eigenvalue weighted by atomic mass is 10.2. The SMILES string of the molecule is CC(Oc1cccc(F)c1)C(=O)NCc1ccc2c(c1)OCO2. The molecule has 0 radical (unpaired) electrons. The Balaban J connectivity index is 1.54. The second kappa shape index (κ2) is 6.56. The van der Waals surface area contributed by atoms with Gasteiger partial charge >= 0.3 is 0 Å². The highest BCUT2D eigenvalue weighted by Crippen LogP contribution is 2.32. The van der Waals surface area contributed by atoms with E-state index in [-0.39, 0.29) is 12.7 Å². The number of carbonyl (C=O) groups excluding carboxylic acids is 1. The summed E-state index contributed by atoms with van der Waals surface area (Å²) in [6, 6.07) is 11.2. The van der Waals surface area contributed by atoms with Crippen LogP contribution in [0.5, 0.6) is 17.2 Å². The van der Waals surface area contributed by atoms with Gasteiger partial charge in [-0.15, -0.1) is 0 Å². The molecule has 1 aliphatic heterocycles. The lowest BCUT2D eigenvalue weighted by Gasteiger charge is -2.15. The van der Waals surface area contributed by atoms with Crippen LogP contribution in [0.15, 0.2) is 42.5 Å². The molecule has 0 bridgehead atoms. The molecule has 0 saturated heterocycles. The molecule has 120 valence electrons. The Bertz CT molecular complexity index is 719. The lowest BCUT2D eigenvalue weighted by Crippen LogP contribution is -2.35. The van der Waals surface area contributed by atoms with Gasteiger partial charge in [0.2, 0.25) is 6.79 Å². The Hall–Kier alpha value is -2.76.